The molecular weight excluding hydrogens is 98.1 g/mol. The van der Waals surface area contributed by atoms with Gasteiger partial charge < -0.3 is 0 Å². The Morgan fingerprint density at radius 2 is 2.50 bits per heavy atom. The Balaban J connectivity index is 2.34. The fraction of sp³-hybridized carbons (Fsp3) is 0.857. The summed E-state index contributed by atoms with van der Waals surface area (Å²) in [5.41, 5.74) is 1.96. The van der Waals surface area contributed by atoms with Crippen molar-refractivity contribution in [1.82, 2.24) is 0 Å². The van der Waals surface area contributed by atoms with E-state index in [1.165, 1.54) is 12.1 Å². The van der Waals surface area contributed by atoms with Gasteiger partial charge in [0.2, 0.25) is 0 Å². The molecule has 0 amide bonds. The summed E-state index contributed by atoms with van der Waals surface area (Å²) in [6, 6.07) is 0. The van der Waals surface area contributed by atoms with Gasteiger partial charge in [-0.25, -0.2) is 0 Å². The second-order valence-corrected chi connectivity index (χ2v) is 3.24. The van der Waals surface area contributed by atoms with E-state index in [2.05, 4.69) is 18.8 Å². The van der Waals surface area contributed by atoms with Gasteiger partial charge in [0.25, 0.3) is 0 Å². The summed E-state index contributed by atoms with van der Waals surface area (Å²) >= 11 is 0. The lowest BCUT2D eigenvalue weighted by Crippen LogP contribution is -2.04. The molecule has 0 bridgehead atoms. The minimum Gasteiger partial charge on any atom is -0.294 e. The van der Waals surface area contributed by atoms with Gasteiger partial charge in [0.05, 0.1) is 0 Å². The van der Waals surface area contributed by atoms with Crippen LogP contribution in [0.2, 0.25) is 0 Å². The number of hydrogen-bond acceptors (Lipinski definition) is 1. The van der Waals surface area contributed by atoms with Crippen molar-refractivity contribution in [2.75, 3.05) is 6.54 Å². The lowest BCUT2D eigenvalue weighted by atomic mass is 10.0. The molecule has 1 saturated carbocycles. The third-order valence-electron chi connectivity index (χ3n) is 2.79. The van der Waals surface area contributed by atoms with Crippen LogP contribution in [0.5, 0.6) is 0 Å². The Hall–Kier alpha value is -0.330. The monoisotopic (exact) mass is 109 g/mol. The number of hydrogen-bond donors (Lipinski definition) is 0. The zero-order valence-corrected chi connectivity index (χ0v) is 5.44. The third-order valence-corrected chi connectivity index (χ3v) is 2.79. The highest BCUT2D eigenvalue weighted by molar-refractivity contribution is 5.92. The van der Waals surface area contributed by atoms with Gasteiger partial charge >= 0.3 is 0 Å². The number of fused-ring (bicyclic) bond motifs is 1. The fourth-order valence-electron chi connectivity index (χ4n) is 1.59. The molecule has 2 atom stereocenters. The minimum atomic E-state index is 0.569. The molecule has 0 aromatic rings. The SMILES string of the molecule is CC1=NCC2CC12C. The van der Waals surface area contributed by atoms with Crippen LogP contribution in [0.1, 0.15) is 20.3 Å². The van der Waals surface area contributed by atoms with E-state index in [9.17, 15) is 0 Å². The summed E-state index contributed by atoms with van der Waals surface area (Å²) in [4.78, 5) is 4.36. The van der Waals surface area contributed by atoms with Gasteiger partial charge in [-0.2, -0.15) is 0 Å². The minimum absolute atomic E-state index is 0.569. The predicted octanol–water partition coefficient (Wildman–Crippen LogP) is 1.49. The Labute approximate surface area is 49.8 Å². The fourth-order valence-corrected chi connectivity index (χ4v) is 1.59. The highest BCUT2D eigenvalue weighted by atomic mass is 14.9. The van der Waals surface area contributed by atoms with Crippen LogP contribution in [0, 0.1) is 11.3 Å². The van der Waals surface area contributed by atoms with Crippen molar-refractivity contribution in [2.45, 2.75) is 20.3 Å². The zero-order valence-electron chi connectivity index (χ0n) is 5.44. The molecule has 0 spiro atoms. The maximum atomic E-state index is 4.36. The summed E-state index contributed by atoms with van der Waals surface area (Å²) in [5.74, 6) is 0.933. The van der Waals surface area contributed by atoms with E-state index in [1.807, 2.05) is 0 Å². The van der Waals surface area contributed by atoms with E-state index in [4.69, 9.17) is 0 Å². The molecule has 1 heteroatoms. The van der Waals surface area contributed by atoms with Crippen LogP contribution in [0.15, 0.2) is 4.99 Å². The first-order valence-corrected chi connectivity index (χ1v) is 3.25. The van der Waals surface area contributed by atoms with Crippen LogP contribution >= 0.6 is 0 Å². The summed E-state index contributed by atoms with van der Waals surface area (Å²) < 4.78 is 0. The highest BCUT2D eigenvalue weighted by Gasteiger charge is 2.54. The molecule has 0 radical (unpaired) electrons. The number of rotatable bonds is 0. The van der Waals surface area contributed by atoms with Gasteiger partial charge in [-0.15, -0.1) is 0 Å². The topological polar surface area (TPSA) is 12.4 Å². The van der Waals surface area contributed by atoms with Crippen molar-refractivity contribution in [3.8, 4) is 0 Å². The molecule has 2 aliphatic rings. The Kier molecular flexibility index (Phi) is 0.565. The highest BCUT2D eigenvalue weighted by Crippen LogP contribution is 2.56. The molecule has 2 unspecified atom stereocenters. The quantitative estimate of drug-likeness (QED) is 0.447. The standard InChI is InChI=1S/C7H11N/c1-5-7(2)3-6(7)4-8-5/h6H,3-4H2,1-2H3. The predicted molar refractivity (Wildman–Crippen MR) is 34.2 cm³/mol. The Morgan fingerprint density at radius 1 is 1.75 bits per heavy atom. The average Bonchev–Trinajstić information content (AvgIpc) is 2.31. The van der Waals surface area contributed by atoms with Crippen LogP contribution in [0.4, 0.5) is 0 Å². The first kappa shape index (κ1) is 4.54. The van der Waals surface area contributed by atoms with Crippen LogP contribution < -0.4 is 0 Å². The van der Waals surface area contributed by atoms with E-state index in [1.54, 1.807) is 0 Å². The van der Waals surface area contributed by atoms with Gasteiger partial charge in [-0.1, -0.05) is 6.92 Å². The van der Waals surface area contributed by atoms with Crippen molar-refractivity contribution < 1.29 is 0 Å². The molecule has 0 aromatic heterocycles. The number of nitrogens with zero attached hydrogens (tertiary/aromatic N) is 1. The van der Waals surface area contributed by atoms with Crippen LogP contribution in [0.25, 0.3) is 0 Å². The zero-order chi connectivity index (χ0) is 5.78. The van der Waals surface area contributed by atoms with Gasteiger partial charge in [-0.05, 0) is 19.3 Å². The van der Waals surface area contributed by atoms with Gasteiger partial charge in [0.1, 0.15) is 0 Å². The summed E-state index contributed by atoms with van der Waals surface area (Å²) in [6.45, 7) is 5.60. The van der Waals surface area contributed by atoms with Crippen LogP contribution in [-0.4, -0.2) is 12.3 Å². The average molecular weight is 109 g/mol. The van der Waals surface area contributed by atoms with E-state index in [0.717, 1.165) is 12.5 Å². The van der Waals surface area contributed by atoms with Crippen molar-refractivity contribution in [3.63, 3.8) is 0 Å². The van der Waals surface area contributed by atoms with Crippen molar-refractivity contribution in [2.24, 2.45) is 16.3 Å². The molecule has 2 rings (SSSR count). The van der Waals surface area contributed by atoms with Gasteiger partial charge in [0.15, 0.2) is 0 Å². The molecular formula is C7H11N. The molecule has 1 heterocycles. The summed E-state index contributed by atoms with van der Waals surface area (Å²) in [7, 11) is 0. The van der Waals surface area contributed by atoms with Crippen molar-refractivity contribution in [1.29, 1.82) is 0 Å². The van der Waals surface area contributed by atoms with E-state index < -0.39 is 0 Å². The second-order valence-electron chi connectivity index (χ2n) is 3.24. The molecule has 0 N–H and O–H groups in total. The molecule has 1 aliphatic heterocycles. The maximum absolute atomic E-state index is 4.36. The first-order chi connectivity index (χ1) is 3.73. The first-order valence-electron chi connectivity index (χ1n) is 3.25. The lowest BCUT2D eigenvalue weighted by Gasteiger charge is -2.00. The Bertz CT molecular complexity index is 160. The molecule has 0 saturated heterocycles. The molecule has 0 aromatic carbocycles. The molecule has 44 valence electrons. The normalized spacial score (nSPS) is 50.8. The summed E-state index contributed by atoms with van der Waals surface area (Å²) in [5, 5.41) is 0. The van der Waals surface area contributed by atoms with E-state index in [-0.39, 0.29) is 0 Å². The van der Waals surface area contributed by atoms with Gasteiger partial charge in [-0.3, -0.25) is 4.99 Å². The molecule has 1 fully saturated rings. The van der Waals surface area contributed by atoms with Crippen LogP contribution in [0.3, 0.4) is 0 Å². The number of aliphatic imine (C=N–C) groups is 1. The molecule has 1 nitrogen and oxygen atoms in total. The molecule has 8 heavy (non-hydrogen) atoms. The van der Waals surface area contributed by atoms with E-state index >= 15 is 0 Å². The van der Waals surface area contributed by atoms with Crippen molar-refractivity contribution in [3.05, 3.63) is 0 Å². The lowest BCUT2D eigenvalue weighted by molar-refractivity contribution is 0.723. The summed E-state index contributed by atoms with van der Waals surface area (Å²) in [6.07, 6.45) is 1.41. The third kappa shape index (κ3) is 0.320. The van der Waals surface area contributed by atoms with Gasteiger partial charge in [0, 0.05) is 17.7 Å². The smallest absolute Gasteiger partial charge is 0.0426 e. The Morgan fingerprint density at radius 3 is 2.62 bits per heavy atom. The molecule has 1 aliphatic carbocycles. The second kappa shape index (κ2) is 0.996. The maximum Gasteiger partial charge on any atom is 0.0426 e. The largest absolute Gasteiger partial charge is 0.294 e. The van der Waals surface area contributed by atoms with Crippen molar-refractivity contribution >= 4 is 5.71 Å². The van der Waals surface area contributed by atoms with Crippen LogP contribution in [-0.2, 0) is 0 Å². The van der Waals surface area contributed by atoms with E-state index in [0.29, 0.717) is 5.41 Å².